The van der Waals surface area contributed by atoms with Gasteiger partial charge in [0.15, 0.2) is 0 Å². The van der Waals surface area contributed by atoms with Crippen LogP contribution in [0.4, 0.5) is 5.69 Å². The van der Waals surface area contributed by atoms with Gasteiger partial charge in [0.25, 0.3) is 15.9 Å². The van der Waals surface area contributed by atoms with Gasteiger partial charge in [-0.25, -0.2) is 0 Å². The van der Waals surface area contributed by atoms with E-state index < -0.39 is 15.9 Å². The van der Waals surface area contributed by atoms with Crippen LogP contribution in [0, 0.1) is 0 Å². The van der Waals surface area contributed by atoms with E-state index in [4.69, 9.17) is 0 Å². The lowest BCUT2D eigenvalue weighted by Gasteiger charge is -2.21. The molecule has 1 amide bonds. The molecule has 2 N–H and O–H groups in total. The normalized spacial score (nSPS) is 15.6. The minimum absolute atomic E-state index is 0.0159. The van der Waals surface area contributed by atoms with Crippen molar-refractivity contribution in [3.63, 3.8) is 0 Å². The third-order valence-electron chi connectivity index (χ3n) is 4.39. The molecule has 10 heteroatoms. The molecule has 0 aliphatic carbocycles. The fraction of sp³-hybridized carbons (Fsp3) is 0.105. The molecule has 0 bridgehead atoms. The van der Waals surface area contributed by atoms with Crippen molar-refractivity contribution in [2.75, 3.05) is 11.9 Å². The summed E-state index contributed by atoms with van der Waals surface area (Å²) in [6, 6.07) is 15.8. The molecule has 3 aromatic rings. The van der Waals surface area contributed by atoms with Crippen LogP contribution in [0.25, 0.3) is 0 Å². The Balaban J connectivity index is 1.55. The number of amides is 1. The van der Waals surface area contributed by atoms with Crippen LogP contribution in [0.15, 0.2) is 80.8 Å². The highest BCUT2D eigenvalue weighted by Crippen LogP contribution is 2.30. The van der Waals surface area contributed by atoms with Gasteiger partial charge in [-0.1, -0.05) is 46.3 Å². The molecule has 0 radical (unpaired) electrons. The van der Waals surface area contributed by atoms with Crippen molar-refractivity contribution in [2.45, 2.75) is 10.9 Å². The number of carbonyl (C=O) groups excluding carboxylic acids is 1. The number of rotatable bonds is 5. The van der Waals surface area contributed by atoms with Crippen molar-refractivity contribution >= 4 is 43.4 Å². The molecule has 1 aromatic heterocycles. The van der Waals surface area contributed by atoms with Crippen LogP contribution in [0.3, 0.4) is 0 Å². The van der Waals surface area contributed by atoms with Crippen molar-refractivity contribution in [3.05, 3.63) is 77.0 Å². The van der Waals surface area contributed by atoms with Gasteiger partial charge in [-0.05, 0) is 29.8 Å². The summed E-state index contributed by atoms with van der Waals surface area (Å²) in [5, 5.41) is 9.81. The van der Waals surface area contributed by atoms with Crippen molar-refractivity contribution in [3.8, 4) is 0 Å². The first-order valence-corrected chi connectivity index (χ1v) is 10.9. The molecule has 1 atom stereocenters. The summed E-state index contributed by atoms with van der Waals surface area (Å²) in [7, 11) is -3.98. The van der Waals surface area contributed by atoms with Crippen LogP contribution in [0.5, 0.6) is 0 Å². The molecule has 0 spiro atoms. The van der Waals surface area contributed by atoms with Gasteiger partial charge in [0.2, 0.25) is 5.84 Å². The Kier molecular flexibility index (Phi) is 5.20. The van der Waals surface area contributed by atoms with E-state index in [2.05, 4.69) is 36.1 Å². The lowest BCUT2D eigenvalue weighted by atomic mass is 10.1. The van der Waals surface area contributed by atoms with E-state index in [-0.39, 0.29) is 23.3 Å². The lowest BCUT2D eigenvalue weighted by molar-refractivity contribution is -0.114. The van der Waals surface area contributed by atoms with E-state index in [1.165, 1.54) is 6.07 Å². The minimum Gasteiger partial charge on any atom is -0.347 e. The monoisotopic (exact) mass is 473 g/mol. The number of aromatic nitrogens is 2. The maximum absolute atomic E-state index is 12.7. The molecule has 29 heavy (non-hydrogen) atoms. The number of nitrogens with zero attached hydrogens (tertiary/aromatic N) is 3. The first-order chi connectivity index (χ1) is 13.9. The molecule has 1 unspecified atom stereocenters. The zero-order chi connectivity index (χ0) is 20.4. The number of anilines is 1. The summed E-state index contributed by atoms with van der Waals surface area (Å²) in [4.78, 5) is 12.7. The summed E-state index contributed by atoms with van der Waals surface area (Å²) < 4.78 is 30.9. The predicted molar refractivity (Wildman–Crippen MR) is 112 cm³/mol. The summed E-state index contributed by atoms with van der Waals surface area (Å²) in [6.45, 7) is 0.207. The highest BCUT2D eigenvalue weighted by molar-refractivity contribution is 9.10. The largest absolute Gasteiger partial charge is 0.347 e. The van der Waals surface area contributed by atoms with Gasteiger partial charge in [0.05, 0.1) is 11.7 Å². The summed E-state index contributed by atoms with van der Waals surface area (Å²) in [5.74, 6) is -0.887. The number of hydrogen-bond donors (Lipinski definition) is 2. The Hall–Kier alpha value is -2.98. The Bertz CT molecular complexity index is 1180. The first-order valence-electron chi connectivity index (χ1n) is 8.68. The fourth-order valence-corrected chi connectivity index (χ4v) is 4.66. The van der Waals surface area contributed by atoms with Gasteiger partial charge in [-0.3, -0.25) is 9.48 Å². The molecular formula is C19H16BrN5O3S. The quantitative estimate of drug-likeness (QED) is 0.592. The number of halogens is 1. The predicted octanol–water partition coefficient (Wildman–Crippen LogP) is 2.56. The van der Waals surface area contributed by atoms with Crippen molar-refractivity contribution in [1.29, 1.82) is 0 Å². The van der Waals surface area contributed by atoms with Crippen LogP contribution in [0.2, 0.25) is 0 Å². The Labute approximate surface area is 175 Å². The molecule has 2 heterocycles. The Morgan fingerprint density at radius 1 is 1.17 bits per heavy atom. The van der Waals surface area contributed by atoms with E-state index in [1.807, 2.05) is 30.3 Å². The highest BCUT2D eigenvalue weighted by atomic mass is 79.9. The average Bonchev–Trinajstić information content (AvgIpc) is 3.23. The first kappa shape index (κ1) is 19.3. The second-order valence-electron chi connectivity index (χ2n) is 6.30. The highest BCUT2D eigenvalue weighted by Gasteiger charge is 2.28. The summed E-state index contributed by atoms with van der Waals surface area (Å²) in [5.41, 5.74) is 1.26. The summed E-state index contributed by atoms with van der Waals surface area (Å²) >= 11 is 3.24. The lowest BCUT2D eigenvalue weighted by Crippen LogP contribution is -2.40. The van der Waals surface area contributed by atoms with Gasteiger partial charge in [-0.2, -0.15) is 13.5 Å². The van der Waals surface area contributed by atoms with Gasteiger partial charge >= 0.3 is 0 Å². The van der Waals surface area contributed by atoms with E-state index >= 15 is 0 Å². The van der Waals surface area contributed by atoms with Crippen LogP contribution in [0.1, 0.15) is 11.6 Å². The third-order valence-corrected chi connectivity index (χ3v) is 6.20. The molecule has 0 saturated heterocycles. The smallest absolute Gasteiger partial charge is 0.288 e. The maximum Gasteiger partial charge on any atom is 0.288 e. The van der Waals surface area contributed by atoms with E-state index in [0.29, 0.717) is 10.2 Å². The van der Waals surface area contributed by atoms with E-state index in [0.717, 1.165) is 5.56 Å². The minimum atomic E-state index is -3.98. The molecule has 1 aliphatic heterocycles. The number of carbonyl (C=O) groups is 1. The van der Waals surface area contributed by atoms with Crippen LogP contribution >= 0.6 is 15.9 Å². The topological polar surface area (TPSA) is 105 Å². The second kappa shape index (κ2) is 7.80. The number of amidine groups is 1. The standard InChI is InChI=1S/C19H16BrN5O3S/c20-14-7-8-15-17(11-14)29(27,28)24-18(23-15)19(26)21-12-16(25-10-4-9-22-25)13-5-2-1-3-6-13/h1-11,16H,12H2,(H,21,26)(H,23,24). The third kappa shape index (κ3) is 4.08. The average molecular weight is 474 g/mol. The maximum atomic E-state index is 12.7. The molecule has 4 rings (SSSR count). The zero-order valence-corrected chi connectivity index (χ0v) is 17.4. The second-order valence-corrected chi connectivity index (χ2v) is 8.79. The van der Waals surface area contributed by atoms with E-state index in [1.54, 1.807) is 35.3 Å². The molecule has 0 saturated carbocycles. The summed E-state index contributed by atoms with van der Waals surface area (Å²) in [6.07, 6.45) is 3.46. The molecule has 148 valence electrons. The molecule has 1 aliphatic rings. The van der Waals surface area contributed by atoms with Gasteiger partial charge in [0.1, 0.15) is 4.90 Å². The van der Waals surface area contributed by atoms with Crippen molar-refractivity contribution in [1.82, 2.24) is 15.1 Å². The molecule has 2 aromatic carbocycles. The fourth-order valence-electron chi connectivity index (χ4n) is 3.01. The number of nitrogens with one attached hydrogen (secondary N) is 2. The van der Waals surface area contributed by atoms with Crippen molar-refractivity contribution in [2.24, 2.45) is 4.40 Å². The van der Waals surface area contributed by atoms with Gasteiger partial charge < -0.3 is 10.6 Å². The molecular weight excluding hydrogens is 458 g/mol. The molecule has 8 nitrogen and oxygen atoms in total. The van der Waals surface area contributed by atoms with Crippen LogP contribution in [-0.2, 0) is 14.8 Å². The number of sulfonamides is 1. The number of benzene rings is 2. The zero-order valence-electron chi connectivity index (χ0n) is 15.0. The SMILES string of the molecule is O=C(NCC(c1ccccc1)n1cccn1)C1=NS(=O)(=O)c2cc(Br)ccc2N1. The number of fused-ring (bicyclic) bond motifs is 1. The Morgan fingerprint density at radius 2 is 1.97 bits per heavy atom. The van der Waals surface area contributed by atoms with Gasteiger partial charge in [-0.15, -0.1) is 4.40 Å². The number of hydrogen-bond acceptors (Lipinski definition) is 5. The van der Waals surface area contributed by atoms with Gasteiger partial charge in [0, 0.05) is 23.4 Å². The van der Waals surface area contributed by atoms with Crippen LogP contribution in [-0.4, -0.2) is 36.5 Å². The Morgan fingerprint density at radius 3 is 2.69 bits per heavy atom. The van der Waals surface area contributed by atoms with Crippen molar-refractivity contribution < 1.29 is 13.2 Å². The molecule has 0 fully saturated rings. The van der Waals surface area contributed by atoms with Crippen LogP contribution < -0.4 is 10.6 Å². The van der Waals surface area contributed by atoms with E-state index in [9.17, 15) is 13.2 Å².